The number of nitrogens with one attached hydrogen (secondary N) is 1. The molecule has 1 saturated heterocycles. The summed E-state index contributed by atoms with van der Waals surface area (Å²) < 4.78 is 4.75. The fraction of sp³-hybridized carbons (Fsp3) is 0.154. The lowest BCUT2D eigenvalue weighted by molar-refractivity contribution is -0.137. The molecule has 1 aliphatic heterocycles. The van der Waals surface area contributed by atoms with E-state index in [1.165, 1.54) is 0 Å². The molecule has 0 aromatic heterocycles. The Morgan fingerprint density at radius 1 is 1.43 bits per heavy atom. The third-order valence-corrected chi connectivity index (χ3v) is 3.86. The monoisotopic (exact) mass is 344 g/mol. The maximum atomic E-state index is 11.7. The molecule has 0 atom stereocenters. The van der Waals surface area contributed by atoms with Crippen LogP contribution in [0.1, 0.15) is 6.92 Å². The highest BCUT2D eigenvalue weighted by Gasteiger charge is 2.25. The number of ether oxygens (including phenoxy) is 1. The summed E-state index contributed by atoms with van der Waals surface area (Å²) in [6.45, 7) is 1.93. The van der Waals surface area contributed by atoms with Crippen molar-refractivity contribution in [2.24, 2.45) is 4.99 Å². The molecule has 0 radical (unpaired) electrons. The molecule has 1 heterocycles. The summed E-state index contributed by atoms with van der Waals surface area (Å²) in [6, 6.07) is 4.98. The minimum atomic E-state index is -0.577. The third kappa shape index (κ3) is 4.00. The second-order valence-electron chi connectivity index (χ2n) is 3.80. The van der Waals surface area contributed by atoms with Crippen LogP contribution < -0.4 is 5.32 Å². The van der Waals surface area contributed by atoms with Crippen LogP contribution in [0.4, 0.5) is 5.69 Å². The third-order valence-electron chi connectivity index (χ3n) is 2.34. The van der Waals surface area contributed by atoms with E-state index in [1.807, 2.05) is 0 Å². The van der Waals surface area contributed by atoms with Gasteiger partial charge in [0.05, 0.1) is 21.6 Å². The van der Waals surface area contributed by atoms with E-state index in [1.54, 1.807) is 25.1 Å². The molecule has 1 N–H and O–H groups in total. The predicted octanol–water partition coefficient (Wildman–Crippen LogP) is 3.29. The first-order valence-electron chi connectivity index (χ1n) is 5.91. The fourth-order valence-corrected chi connectivity index (χ4v) is 2.74. The van der Waals surface area contributed by atoms with E-state index < -0.39 is 11.9 Å². The van der Waals surface area contributed by atoms with E-state index in [2.05, 4.69) is 10.3 Å². The molecule has 21 heavy (non-hydrogen) atoms. The van der Waals surface area contributed by atoms with Crippen molar-refractivity contribution in [1.29, 1.82) is 0 Å². The standard InChI is InChI=1S/C13H10Cl2N2O3S/c1-2-20-10(18)6-9-12(19)17-13(21-9)16-11-7(14)4-3-5-8(11)15/h3-6H,2H2,1H3,(H,16,17,19). The van der Waals surface area contributed by atoms with Crippen molar-refractivity contribution in [3.05, 3.63) is 39.2 Å². The van der Waals surface area contributed by atoms with E-state index in [4.69, 9.17) is 27.9 Å². The first kappa shape index (κ1) is 15.9. The first-order valence-corrected chi connectivity index (χ1v) is 7.49. The number of esters is 1. The molecule has 1 aromatic rings. The van der Waals surface area contributed by atoms with Crippen LogP contribution in [0, 0.1) is 0 Å². The molecule has 8 heteroatoms. The quantitative estimate of drug-likeness (QED) is 0.674. The van der Waals surface area contributed by atoms with Crippen molar-refractivity contribution in [2.45, 2.75) is 6.92 Å². The van der Waals surface area contributed by atoms with Gasteiger partial charge in [-0.25, -0.2) is 9.79 Å². The van der Waals surface area contributed by atoms with Gasteiger partial charge in [-0.05, 0) is 30.8 Å². The molecule has 5 nitrogen and oxygen atoms in total. The molecule has 0 aliphatic carbocycles. The van der Waals surface area contributed by atoms with Crippen LogP contribution in [0.3, 0.4) is 0 Å². The summed E-state index contributed by atoms with van der Waals surface area (Å²) in [5.74, 6) is -0.998. The second-order valence-corrected chi connectivity index (χ2v) is 5.65. The van der Waals surface area contributed by atoms with Crippen molar-refractivity contribution >= 4 is 57.7 Å². The molecular formula is C13H10Cl2N2O3S. The lowest BCUT2D eigenvalue weighted by atomic mass is 10.3. The highest BCUT2D eigenvalue weighted by molar-refractivity contribution is 8.18. The van der Waals surface area contributed by atoms with Crippen molar-refractivity contribution in [1.82, 2.24) is 5.32 Å². The molecule has 1 aromatic carbocycles. The average Bonchev–Trinajstić information content (AvgIpc) is 2.75. The largest absolute Gasteiger partial charge is 0.463 e. The number of hydrogen-bond acceptors (Lipinski definition) is 5. The van der Waals surface area contributed by atoms with Gasteiger partial charge < -0.3 is 10.1 Å². The van der Waals surface area contributed by atoms with Crippen molar-refractivity contribution in [3.8, 4) is 0 Å². The Morgan fingerprint density at radius 2 is 2.10 bits per heavy atom. The number of para-hydroxylation sites is 1. The van der Waals surface area contributed by atoms with E-state index >= 15 is 0 Å². The number of benzene rings is 1. The first-order chi connectivity index (χ1) is 10.0. The predicted molar refractivity (Wildman–Crippen MR) is 84.0 cm³/mol. The van der Waals surface area contributed by atoms with Crippen molar-refractivity contribution in [2.75, 3.05) is 6.61 Å². The molecule has 0 bridgehead atoms. The minimum absolute atomic E-state index is 0.204. The number of hydrogen-bond donors (Lipinski definition) is 1. The highest BCUT2D eigenvalue weighted by atomic mass is 35.5. The Hall–Kier alpha value is -1.50. The Kier molecular flexibility index (Phi) is 5.27. The van der Waals surface area contributed by atoms with Crippen LogP contribution in [-0.4, -0.2) is 23.7 Å². The lowest BCUT2D eigenvalue weighted by Crippen LogP contribution is -2.19. The zero-order valence-corrected chi connectivity index (χ0v) is 13.2. The van der Waals surface area contributed by atoms with Crippen molar-refractivity contribution in [3.63, 3.8) is 0 Å². The van der Waals surface area contributed by atoms with Gasteiger partial charge in [0.25, 0.3) is 5.91 Å². The Labute approximate surface area is 135 Å². The molecule has 0 saturated carbocycles. The van der Waals surface area contributed by atoms with Crippen LogP contribution in [-0.2, 0) is 14.3 Å². The summed E-state index contributed by atoms with van der Waals surface area (Å²) in [5, 5.41) is 3.57. The van der Waals surface area contributed by atoms with E-state index in [9.17, 15) is 9.59 Å². The Bertz CT molecular complexity index is 639. The van der Waals surface area contributed by atoms with Crippen molar-refractivity contribution < 1.29 is 14.3 Å². The van der Waals surface area contributed by atoms with Gasteiger partial charge in [0.2, 0.25) is 0 Å². The number of amidine groups is 1. The number of carbonyl (C=O) groups excluding carboxylic acids is 2. The summed E-state index contributed by atoms with van der Waals surface area (Å²) in [4.78, 5) is 27.5. The lowest BCUT2D eigenvalue weighted by Gasteiger charge is -2.01. The maximum absolute atomic E-state index is 11.7. The molecule has 0 unspecified atom stereocenters. The van der Waals surface area contributed by atoms with E-state index in [0.717, 1.165) is 17.8 Å². The minimum Gasteiger partial charge on any atom is -0.463 e. The normalized spacial score (nSPS) is 18.1. The zero-order chi connectivity index (χ0) is 15.4. The topological polar surface area (TPSA) is 67.8 Å². The van der Waals surface area contributed by atoms with Crippen LogP contribution >= 0.6 is 35.0 Å². The van der Waals surface area contributed by atoms with Gasteiger partial charge in [0.15, 0.2) is 5.17 Å². The molecular weight excluding hydrogens is 335 g/mol. The number of halogens is 2. The SMILES string of the molecule is CCOC(=O)C=C1SC(=Nc2c(Cl)cccc2Cl)NC1=O. The molecule has 110 valence electrons. The number of rotatable bonds is 3. The molecule has 2 rings (SSSR count). The van der Waals surface area contributed by atoms with Gasteiger partial charge >= 0.3 is 5.97 Å². The molecule has 0 spiro atoms. The van der Waals surface area contributed by atoms with Gasteiger partial charge in [-0.3, -0.25) is 4.79 Å². The molecule has 1 fully saturated rings. The van der Waals surface area contributed by atoms with Gasteiger partial charge in [-0.2, -0.15) is 0 Å². The number of amides is 1. The summed E-state index contributed by atoms with van der Waals surface area (Å²) in [6.07, 6.45) is 1.13. The number of thioether (sulfide) groups is 1. The highest BCUT2D eigenvalue weighted by Crippen LogP contribution is 2.35. The van der Waals surface area contributed by atoms with Crippen LogP contribution in [0.5, 0.6) is 0 Å². The van der Waals surface area contributed by atoms with Crippen LogP contribution in [0.25, 0.3) is 0 Å². The van der Waals surface area contributed by atoms with E-state index in [0.29, 0.717) is 20.9 Å². The molecule has 1 aliphatic rings. The van der Waals surface area contributed by atoms with Gasteiger partial charge in [0.1, 0.15) is 5.69 Å². The molecule has 1 amide bonds. The zero-order valence-electron chi connectivity index (χ0n) is 10.9. The van der Waals surface area contributed by atoms with Gasteiger partial charge in [-0.15, -0.1) is 0 Å². The second kappa shape index (κ2) is 6.98. The Balaban J connectivity index is 2.23. The maximum Gasteiger partial charge on any atom is 0.332 e. The summed E-state index contributed by atoms with van der Waals surface area (Å²) in [5.41, 5.74) is 0.362. The average molecular weight is 345 g/mol. The number of nitrogens with zero attached hydrogens (tertiary/aromatic N) is 1. The van der Waals surface area contributed by atoms with Gasteiger partial charge in [-0.1, -0.05) is 29.3 Å². The van der Waals surface area contributed by atoms with E-state index in [-0.39, 0.29) is 11.5 Å². The summed E-state index contributed by atoms with van der Waals surface area (Å²) >= 11 is 13.0. The number of aliphatic imine (C=N–C) groups is 1. The number of carbonyl (C=O) groups is 2. The fourth-order valence-electron chi connectivity index (χ4n) is 1.47. The van der Waals surface area contributed by atoms with Gasteiger partial charge in [0, 0.05) is 6.08 Å². The smallest absolute Gasteiger partial charge is 0.332 e. The van der Waals surface area contributed by atoms with Crippen LogP contribution in [0.15, 0.2) is 34.2 Å². The van der Waals surface area contributed by atoms with Crippen LogP contribution in [0.2, 0.25) is 10.0 Å². The summed E-state index contributed by atoms with van der Waals surface area (Å²) in [7, 11) is 0. The Morgan fingerprint density at radius 3 is 2.71 bits per heavy atom.